The minimum atomic E-state index is 0.200. The molecule has 2 aromatic carbocycles. The number of pyridine rings is 1. The molecule has 3 rings (SSSR count). The number of aromatic nitrogens is 1. The molecule has 0 bridgehead atoms. The SMILES string of the molecule is N#CCc1ccnc(-c2cccc(Cl)c2Cl)c1-c1cccc(Cl)c1Cl. The van der Waals surface area contributed by atoms with E-state index in [1.54, 1.807) is 36.5 Å². The van der Waals surface area contributed by atoms with Crippen LogP contribution in [0, 0.1) is 11.3 Å². The largest absolute Gasteiger partial charge is 0.256 e. The number of nitrogens with zero attached hydrogens (tertiary/aromatic N) is 2. The van der Waals surface area contributed by atoms with E-state index in [4.69, 9.17) is 46.4 Å². The van der Waals surface area contributed by atoms with Gasteiger partial charge in [-0.2, -0.15) is 5.26 Å². The minimum absolute atomic E-state index is 0.200. The highest BCUT2D eigenvalue weighted by molar-refractivity contribution is 6.44. The molecule has 0 saturated heterocycles. The van der Waals surface area contributed by atoms with Crippen molar-refractivity contribution in [3.05, 3.63) is 74.3 Å². The minimum Gasteiger partial charge on any atom is -0.256 e. The van der Waals surface area contributed by atoms with Crippen LogP contribution in [0.5, 0.6) is 0 Å². The maximum atomic E-state index is 9.20. The van der Waals surface area contributed by atoms with Crippen molar-refractivity contribution in [3.8, 4) is 28.5 Å². The van der Waals surface area contributed by atoms with Gasteiger partial charge in [-0.05, 0) is 23.8 Å². The third-order valence-electron chi connectivity index (χ3n) is 3.73. The summed E-state index contributed by atoms with van der Waals surface area (Å²) < 4.78 is 0. The Morgan fingerprint density at radius 3 is 2.08 bits per heavy atom. The quantitative estimate of drug-likeness (QED) is 0.464. The van der Waals surface area contributed by atoms with Crippen molar-refractivity contribution in [3.63, 3.8) is 0 Å². The van der Waals surface area contributed by atoms with Gasteiger partial charge in [-0.1, -0.05) is 70.7 Å². The van der Waals surface area contributed by atoms with Gasteiger partial charge in [0.25, 0.3) is 0 Å². The molecule has 0 amide bonds. The molecule has 0 aliphatic heterocycles. The number of halogens is 4. The Morgan fingerprint density at radius 1 is 0.840 bits per heavy atom. The highest BCUT2D eigenvalue weighted by atomic mass is 35.5. The van der Waals surface area contributed by atoms with Gasteiger partial charge in [0, 0.05) is 22.9 Å². The van der Waals surface area contributed by atoms with Crippen LogP contribution in [-0.2, 0) is 6.42 Å². The molecule has 1 aromatic heterocycles. The van der Waals surface area contributed by atoms with Crippen LogP contribution in [0.15, 0.2) is 48.7 Å². The Kier molecular flexibility index (Phi) is 5.51. The fraction of sp³-hybridized carbons (Fsp3) is 0.0526. The molecule has 0 aliphatic carbocycles. The Hall–Kier alpha value is -1.76. The Morgan fingerprint density at radius 2 is 1.44 bits per heavy atom. The number of nitriles is 1. The maximum absolute atomic E-state index is 9.20. The Bertz CT molecular complexity index is 993. The fourth-order valence-corrected chi connectivity index (χ4v) is 3.41. The average Bonchev–Trinajstić information content (AvgIpc) is 2.60. The molecule has 6 heteroatoms. The molecule has 0 atom stereocenters. The average molecular weight is 408 g/mol. The molecule has 0 unspecified atom stereocenters. The first kappa shape index (κ1) is 18.0. The lowest BCUT2D eigenvalue weighted by molar-refractivity contribution is 1.22. The smallest absolute Gasteiger partial charge is 0.0799 e. The van der Waals surface area contributed by atoms with Gasteiger partial charge in [-0.25, -0.2) is 0 Å². The topological polar surface area (TPSA) is 36.7 Å². The summed E-state index contributed by atoms with van der Waals surface area (Å²) in [5, 5.41) is 10.8. The van der Waals surface area contributed by atoms with E-state index in [0.29, 0.717) is 36.9 Å². The van der Waals surface area contributed by atoms with E-state index in [1.807, 2.05) is 12.1 Å². The van der Waals surface area contributed by atoms with Crippen molar-refractivity contribution < 1.29 is 0 Å². The molecule has 124 valence electrons. The van der Waals surface area contributed by atoms with E-state index in [-0.39, 0.29) is 6.42 Å². The van der Waals surface area contributed by atoms with Crippen molar-refractivity contribution in [2.24, 2.45) is 0 Å². The van der Waals surface area contributed by atoms with Gasteiger partial charge in [0.1, 0.15) is 0 Å². The lowest BCUT2D eigenvalue weighted by Gasteiger charge is -2.16. The molecule has 1 heterocycles. The van der Waals surface area contributed by atoms with Crippen LogP contribution in [0.25, 0.3) is 22.4 Å². The summed E-state index contributed by atoms with van der Waals surface area (Å²) in [7, 11) is 0. The van der Waals surface area contributed by atoms with Crippen LogP contribution in [-0.4, -0.2) is 4.98 Å². The van der Waals surface area contributed by atoms with Gasteiger partial charge < -0.3 is 0 Å². The van der Waals surface area contributed by atoms with E-state index in [2.05, 4.69) is 11.1 Å². The number of hydrogen-bond donors (Lipinski definition) is 0. The first-order valence-corrected chi connectivity index (χ1v) is 8.79. The summed E-state index contributed by atoms with van der Waals surface area (Å²) in [4.78, 5) is 4.49. The van der Waals surface area contributed by atoms with E-state index in [1.165, 1.54) is 0 Å². The maximum Gasteiger partial charge on any atom is 0.0799 e. The standard InChI is InChI=1S/C19H10Cl4N2/c20-14-5-1-3-12(17(14)22)16-11(7-9-24)8-10-25-19(16)13-4-2-6-15(21)18(13)23/h1-6,8,10H,7H2. The van der Waals surface area contributed by atoms with Crippen molar-refractivity contribution in [1.82, 2.24) is 4.98 Å². The van der Waals surface area contributed by atoms with Crippen LogP contribution in [0.2, 0.25) is 20.1 Å². The molecule has 0 radical (unpaired) electrons. The van der Waals surface area contributed by atoms with Gasteiger partial charge in [0.05, 0.1) is 38.3 Å². The van der Waals surface area contributed by atoms with Crippen molar-refractivity contribution in [2.75, 3.05) is 0 Å². The Labute approximate surface area is 165 Å². The molecular weight excluding hydrogens is 398 g/mol. The third kappa shape index (κ3) is 3.47. The molecule has 25 heavy (non-hydrogen) atoms. The second-order valence-electron chi connectivity index (χ2n) is 5.23. The molecule has 3 aromatic rings. The second kappa shape index (κ2) is 7.64. The van der Waals surface area contributed by atoms with Gasteiger partial charge >= 0.3 is 0 Å². The van der Waals surface area contributed by atoms with Crippen molar-refractivity contribution in [1.29, 1.82) is 5.26 Å². The van der Waals surface area contributed by atoms with E-state index in [9.17, 15) is 5.26 Å². The molecule has 0 aliphatic rings. The van der Waals surface area contributed by atoms with Crippen molar-refractivity contribution >= 4 is 46.4 Å². The highest BCUT2D eigenvalue weighted by Gasteiger charge is 2.19. The summed E-state index contributed by atoms with van der Waals surface area (Å²) in [6, 6.07) is 14.6. The van der Waals surface area contributed by atoms with Crippen LogP contribution < -0.4 is 0 Å². The zero-order valence-corrected chi connectivity index (χ0v) is 15.8. The molecule has 2 nitrogen and oxygen atoms in total. The third-order valence-corrected chi connectivity index (χ3v) is 5.37. The first-order chi connectivity index (χ1) is 12.0. The predicted molar refractivity (Wildman–Crippen MR) is 104 cm³/mol. The van der Waals surface area contributed by atoms with E-state index < -0.39 is 0 Å². The van der Waals surface area contributed by atoms with Gasteiger partial charge in [-0.3, -0.25) is 4.98 Å². The zero-order chi connectivity index (χ0) is 18.0. The van der Waals surface area contributed by atoms with E-state index in [0.717, 1.165) is 11.1 Å². The van der Waals surface area contributed by atoms with Gasteiger partial charge in [0.2, 0.25) is 0 Å². The molecule has 0 spiro atoms. The number of benzene rings is 2. The number of hydrogen-bond acceptors (Lipinski definition) is 2. The summed E-state index contributed by atoms with van der Waals surface area (Å²) in [5.74, 6) is 0. The van der Waals surface area contributed by atoms with Crippen molar-refractivity contribution in [2.45, 2.75) is 6.42 Å². The lowest BCUT2D eigenvalue weighted by atomic mass is 9.93. The molecule has 0 N–H and O–H groups in total. The fourth-order valence-electron chi connectivity index (χ4n) is 2.62. The summed E-state index contributed by atoms with van der Waals surface area (Å²) in [5.41, 5.74) is 3.47. The van der Waals surface area contributed by atoms with Crippen LogP contribution in [0.4, 0.5) is 0 Å². The van der Waals surface area contributed by atoms with Gasteiger partial charge in [0.15, 0.2) is 0 Å². The summed E-state index contributed by atoms with van der Waals surface area (Å²) in [6.07, 6.45) is 1.84. The highest BCUT2D eigenvalue weighted by Crippen LogP contribution is 2.42. The number of rotatable bonds is 3. The van der Waals surface area contributed by atoms with Crippen LogP contribution in [0.3, 0.4) is 0 Å². The summed E-state index contributed by atoms with van der Waals surface area (Å²) in [6.45, 7) is 0. The van der Waals surface area contributed by atoms with Crippen LogP contribution >= 0.6 is 46.4 Å². The second-order valence-corrected chi connectivity index (χ2v) is 6.80. The normalized spacial score (nSPS) is 10.5. The Balaban J connectivity index is 2.38. The van der Waals surface area contributed by atoms with Gasteiger partial charge in [-0.15, -0.1) is 0 Å². The monoisotopic (exact) mass is 406 g/mol. The summed E-state index contributed by atoms with van der Waals surface area (Å²) >= 11 is 25.2. The molecule has 0 fully saturated rings. The lowest BCUT2D eigenvalue weighted by Crippen LogP contribution is -1.97. The zero-order valence-electron chi connectivity index (χ0n) is 12.7. The molecule has 0 saturated carbocycles. The van der Waals surface area contributed by atoms with E-state index >= 15 is 0 Å². The first-order valence-electron chi connectivity index (χ1n) is 7.28. The van der Waals surface area contributed by atoms with Crippen LogP contribution in [0.1, 0.15) is 5.56 Å². The molecular formula is C19H10Cl4N2. The predicted octanol–water partition coefficient (Wildman–Crippen LogP) is 7.10.